The molecule has 0 aliphatic heterocycles. The third-order valence-electron chi connectivity index (χ3n) is 6.88. The van der Waals surface area contributed by atoms with Gasteiger partial charge in [-0.2, -0.15) is 0 Å². The molecular weight excluding hydrogens is 384 g/mol. The number of benzene rings is 1. The van der Waals surface area contributed by atoms with Crippen molar-refractivity contribution in [3.05, 3.63) is 41.4 Å². The molecule has 0 radical (unpaired) electrons. The van der Waals surface area contributed by atoms with Crippen molar-refractivity contribution in [2.24, 2.45) is 23.2 Å². The van der Waals surface area contributed by atoms with E-state index in [-0.39, 0.29) is 23.9 Å². The van der Waals surface area contributed by atoms with Crippen LogP contribution in [0.5, 0.6) is 0 Å². The van der Waals surface area contributed by atoms with Crippen LogP contribution in [0.1, 0.15) is 51.1 Å². The number of hydrogen-bond donors (Lipinski definition) is 0. The monoisotopic (exact) mass is 410 g/mol. The molecule has 0 atom stereocenters. The molecule has 1 aromatic heterocycles. The summed E-state index contributed by atoms with van der Waals surface area (Å²) in [5.41, 5.74) is 1.24. The Balaban J connectivity index is 1.27. The number of nitrogens with zero attached hydrogens (tertiary/aromatic N) is 2. The minimum atomic E-state index is -0.247. The van der Waals surface area contributed by atoms with E-state index in [0.29, 0.717) is 10.8 Å². The molecule has 1 heterocycles. The molecule has 4 aliphatic carbocycles. The smallest absolute Gasteiger partial charge is 0.312 e. The summed E-state index contributed by atoms with van der Waals surface area (Å²) in [4.78, 5) is 31.4. The number of rotatable bonds is 5. The second-order valence-corrected chi connectivity index (χ2v) is 9.92. The van der Waals surface area contributed by atoms with Crippen molar-refractivity contribution in [3.8, 4) is 0 Å². The lowest BCUT2D eigenvalue weighted by Crippen LogP contribution is -2.50. The Morgan fingerprint density at radius 1 is 1.10 bits per heavy atom. The molecule has 0 unspecified atom stereocenters. The van der Waals surface area contributed by atoms with E-state index in [1.54, 1.807) is 4.90 Å². The van der Waals surface area contributed by atoms with Gasteiger partial charge in [0.2, 0.25) is 5.91 Å². The number of carbonyl (C=O) groups excluding carboxylic acids is 2. The van der Waals surface area contributed by atoms with Crippen molar-refractivity contribution in [3.63, 3.8) is 0 Å². The van der Waals surface area contributed by atoms with Crippen LogP contribution >= 0.6 is 11.3 Å². The van der Waals surface area contributed by atoms with Crippen molar-refractivity contribution in [1.82, 2.24) is 4.98 Å². The van der Waals surface area contributed by atoms with E-state index in [9.17, 15) is 9.59 Å². The van der Waals surface area contributed by atoms with Crippen LogP contribution in [0.2, 0.25) is 0 Å². The molecule has 0 N–H and O–H groups in total. The second kappa shape index (κ2) is 7.24. The average molecular weight is 411 g/mol. The lowest BCUT2D eigenvalue weighted by atomic mass is 9.49. The summed E-state index contributed by atoms with van der Waals surface area (Å²) in [7, 11) is 0. The predicted molar refractivity (Wildman–Crippen MR) is 112 cm³/mol. The highest BCUT2D eigenvalue weighted by Crippen LogP contribution is 2.60. The molecule has 152 valence electrons. The molecule has 2 aromatic rings. The highest BCUT2D eigenvalue weighted by molar-refractivity contribution is 7.14. The average Bonchev–Trinajstić information content (AvgIpc) is 3.14. The van der Waals surface area contributed by atoms with Gasteiger partial charge in [0, 0.05) is 12.3 Å². The van der Waals surface area contributed by atoms with Gasteiger partial charge >= 0.3 is 5.97 Å². The van der Waals surface area contributed by atoms with E-state index in [4.69, 9.17) is 4.74 Å². The first-order chi connectivity index (χ1) is 14.0. The van der Waals surface area contributed by atoms with Crippen molar-refractivity contribution in [1.29, 1.82) is 0 Å². The molecular formula is C23H26N2O3S. The van der Waals surface area contributed by atoms with Crippen LogP contribution in [-0.2, 0) is 20.9 Å². The van der Waals surface area contributed by atoms with Gasteiger partial charge < -0.3 is 4.74 Å². The van der Waals surface area contributed by atoms with Crippen LogP contribution < -0.4 is 4.90 Å². The maximum Gasteiger partial charge on any atom is 0.312 e. The third-order valence-corrected chi connectivity index (χ3v) is 7.76. The number of aromatic nitrogens is 1. The summed E-state index contributed by atoms with van der Waals surface area (Å²) in [6.07, 6.45) is 6.94. The summed E-state index contributed by atoms with van der Waals surface area (Å²) in [5.74, 6) is 2.03. The van der Waals surface area contributed by atoms with Gasteiger partial charge in [0.1, 0.15) is 6.61 Å². The van der Waals surface area contributed by atoms with Crippen LogP contribution in [-0.4, -0.2) is 16.9 Å². The van der Waals surface area contributed by atoms with Gasteiger partial charge in [-0.3, -0.25) is 14.5 Å². The zero-order chi connectivity index (χ0) is 20.0. The van der Waals surface area contributed by atoms with Crippen molar-refractivity contribution in [2.45, 2.75) is 52.1 Å². The summed E-state index contributed by atoms with van der Waals surface area (Å²) in [5, 5.41) is 2.48. The van der Waals surface area contributed by atoms with Crippen LogP contribution in [0.3, 0.4) is 0 Å². The molecule has 4 saturated carbocycles. The van der Waals surface area contributed by atoms with Crippen molar-refractivity contribution < 1.29 is 14.3 Å². The maximum atomic E-state index is 13.0. The fraction of sp³-hybridized carbons (Fsp3) is 0.522. The van der Waals surface area contributed by atoms with E-state index >= 15 is 0 Å². The Morgan fingerprint density at radius 3 is 2.31 bits per heavy atom. The van der Waals surface area contributed by atoms with Crippen LogP contribution in [0.4, 0.5) is 10.8 Å². The summed E-state index contributed by atoms with van der Waals surface area (Å²) in [6.45, 7) is 1.71. The number of anilines is 2. The Morgan fingerprint density at radius 2 is 1.72 bits per heavy atom. The number of carbonyl (C=O) groups is 2. The fourth-order valence-corrected chi connectivity index (χ4v) is 6.99. The molecule has 4 aliphatic rings. The van der Waals surface area contributed by atoms with Gasteiger partial charge in [-0.15, -0.1) is 11.3 Å². The van der Waals surface area contributed by atoms with Gasteiger partial charge in [-0.25, -0.2) is 4.98 Å². The molecule has 6 rings (SSSR count). The topological polar surface area (TPSA) is 59.5 Å². The molecule has 1 aromatic carbocycles. The highest BCUT2D eigenvalue weighted by Gasteiger charge is 2.55. The van der Waals surface area contributed by atoms with E-state index in [2.05, 4.69) is 4.98 Å². The second-order valence-electron chi connectivity index (χ2n) is 9.09. The molecule has 5 nitrogen and oxygen atoms in total. The number of ether oxygens (including phenoxy) is 1. The van der Waals surface area contributed by atoms with Crippen LogP contribution in [0.15, 0.2) is 35.7 Å². The normalized spacial score (nSPS) is 29.6. The Hall–Kier alpha value is -2.21. The fourth-order valence-electron chi connectivity index (χ4n) is 6.12. The van der Waals surface area contributed by atoms with E-state index in [1.807, 2.05) is 35.7 Å². The lowest BCUT2D eigenvalue weighted by Gasteiger charge is -2.55. The molecule has 6 heteroatoms. The zero-order valence-electron chi connectivity index (χ0n) is 16.7. The quantitative estimate of drug-likeness (QED) is 0.645. The van der Waals surface area contributed by atoms with E-state index < -0.39 is 0 Å². The van der Waals surface area contributed by atoms with Crippen LogP contribution in [0.25, 0.3) is 0 Å². The minimum Gasteiger partial charge on any atom is -0.459 e. The molecule has 0 spiro atoms. The molecule has 4 fully saturated rings. The largest absolute Gasteiger partial charge is 0.459 e. The van der Waals surface area contributed by atoms with E-state index in [0.717, 1.165) is 42.7 Å². The SMILES string of the molecule is CC(=O)N(c1ccccc1)c1nc(COC(=O)C23CC4CC(CC(C4)C2)C3)cs1. The van der Waals surface area contributed by atoms with Crippen molar-refractivity contribution >= 4 is 34.0 Å². The Bertz CT molecular complexity index is 888. The molecule has 0 saturated heterocycles. The van der Waals surface area contributed by atoms with Crippen molar-refractivity contribution in [2.75, 3.05) is 4.90 Å². The van der Waals surface area contributed by atoms with E-state index in [1.165, 1.54) is 37.5 Å². The maximum absolute atomic E-state index is 13.0. The van der Waals surface area contributed by atoms with Gasteiger partial charge in [0.25, 0.3) is 0 Å². The number of hydrogen-bond acceptors (Lipinski definition) is 5. The summed E-state index contributed by atoms with van der Waals surface area (Å²) < 4.78 is 5.77. The van der Waals surface area contributed by atoms with Gasteiger partial charge in [0.15, 0.2) is 5.13 Å². The Labute approximate surface area is 175 Å². The summed E-state index contributed by atoms with van der Waals surface area (Å²) in [6, 6.07) is 9.48. The lowest BCUT2D eigenvalue weighted by molar-refractivity contribution is -0.173. The number of amides is 1. The number of thiazole rings is 1. The molecule has 1 amide bonds. The first-order valence-electron chi connectivity index (χ1n) is 10.5. The molecule has 29 heavy (non-hydrogen) atoms. The minimum absolute atomic E-state index is 0.0300. The standard InChI is InChI=1S/C23H26N2O3S/c1-15(26)25(20-5-3-2-4-6-20)22-24-19(14-29-22)13-28-21(27)23-10-16-7-17(11-23)9-18(8-16)12-23/h2-6,14,16-18H,7-13H2,1H3. The number of esters is 1. The van der Waals surface area contributed by atoms with Gasteiger partial charge in [-0.05, 0) is 68.4 Å². The summed E-state index contributed by atoms with van der Waals surface area (Å²) >= 11 is 1.39. The van der Waals surface area contributed by atoms with Crippen LogP contribution in [0, 0.1) is 23.2 Å². The first-order valence-corrected chi connectivity index (χ1v) is 11.4. The number of para-hydroxylation sites is 1. The highest BCUT2D eigenvalue weighted by atomic mass is 32.1. The zero-order valence-corrected chi connectivity index (χ0v) is 17.5. The first kappa shape index (κ1) is 18.8. The predicted octanol–water partition coefficient (Wildman–Crippen LogP) is 5.09. The van der Waals surface area contributed by atoms with Gasteiger partial charge in [0.05, 0.1) is 16.8 Å². The third kappa shape index (κ3) is 3.48. The molecule has 4 bridgehead atoms. The van der Waals surface area contributed by atoms with Gasteiger partial charge in [-0.1, -0.05) is 18.2 Å². The Kier molecular flexibility index (Phi) is 4.69.